The van der Waals surface area contributed by atoms with Crippen LogP contribution in [0, 0.1) is 0 Å². The molecule has 0 spiro atoms. The molecule has 2 aromatic rings. The van der Waals surface area contributed by atoms with E-state index in [-0.39, 0.29) is 11.9 Å². The summed E-state index contributed by atoms with van der Waals surface area (Å²) in [4.78, 5) is 25.6. The monoisotopic (exact) mass is 295 g/mol. The van der Waals surface area contributed by atoms with Gasteiger partial charge in [-0.1, -0.05) is 24.3 Å². The standard InChI is InChI=1S/C17H17N3O2/c1-11-9-12-5-2-3-8-15(12)20(11)16(21)13-6-4-7-14(10-13)19-17(18)22/h2-8,10-11H,9H2,1H3,(H3,18,19,22)/t11-/m0/s1. The lowest BCUT2D eigenvalue weighted by atomic mass is 10.1. The van der Waals surface area contributed by atoms with E-state index in [1.54, 1.807) is 29.2 Å². The Hall–Kier alpha value is -2.82. The molecule has 1 aliphatic rings. The third kappa shape index (κ3) is 2.53. The summed E-state index contributed by atoms with van der Waals surface area (Å²) in [5.74, 6) is -0.0782. The summed E-state index contributed by atoms with van der Waals surface area (Å²) in [6, 6.07) is 14.2. The quantitative estimate of drug-likeness (QED) is 0.894. The summed E-state index contributed by atoms with van der Waals surface area (Å²) in [6.45, 7) is 2.03. The van der Waals surface area contributed by atoms with Gasteiger partial charge in [0.2, 0.25) is 0 Å². The van der Waals surface area contributed by atoms with Gasteiger partial charge in [-0.25, -0.2) is 4.79 Å². The average Bonchev–Trinajstić information content (AvgIpc) is 2.82. The van der Waals surface area contributed by atoms with Gasteiger partial charge in [0.15, 0.2) is 0 Å². The van der Waals surface area contributed by atoms with E-state index < -0.39 is 6.03 Å². The Balaban J connectivity index is 1.93. The van der Waals surface area contributed by atoms with Crippen LogP contribution < -0.4 is 16.0 Å². The van der Waals surface area contributed by atoms with Gasteiger partial charge in [-0.05, 0) is 43.2 Å². The van der Waals surface area contributed by atoms with Gasteiger partial charge >= 0.3 is 6.03 Å². The largest absolute Gasteiger partial charge is 0.351 e. The van der Waals surface area contributed by atoms with Crippen molar-refractivity contribution in [2.24, 2.45) is 5.73 Å². The zero-order chi connectivity index (χ0) is 15.7. The van der Waals surface area contributed by atoms with E-state index in [0.29, 0.717) is 11.3 Å². The summed E-state index contributed by atoms with van der Waals surface area (Å²) >= 11 is 0. The predicted molar refractivity (Wildman–Crippen MR) is 86.1 cm³/mol. The fourth-order valence-corrected chi connectivity index (χ4v) is 2.89. The molecule has 0 radical (unpaired) electrons. The molecule has 1 aliphatic heterocycles. The Morgan fingerprint density at radius 3 is 2.73 bits per heavy atom. The Morgan fingerprint density at radius 2 is 1.95 bits per heavy atom. The maximum atomic E-state index is 12.8. The Labute approximate surface area is 128 Å². The van der Waals surface area contributed by atoms with Crippen molar-refractivity contribution in [2.75, 3.05) is 10.2 Å². The predicted octanol–water partition coefficient (Wildman–Crippen LogP) is 2.77. The Bertz CT molecular complexity index is 742. The lowest BCUT2D eigenvalue weighted by Crippen LogP contribution is -2.35. The van der Waals surface area contributed by atoms with E-state index in [4.69, 9.17) is 5.73 Å². The molecule has 0 saturated carbocycles. The smallest absolute Gasteiger partial charge is 0.316 e. The summed E-state index contributed by atoms with van der Waals surface area (Å²) < 4.78 is 0. The molecule has 1 heterocycles. The normalized spacial score (nSPS) is 16.2. The second-order valence-electron chi connectivity index (χ2n) is 5.43. The first kappa shape index (κ1) is 14.1. The first-order valence-electron chi connectivity index (χ1n) is 7.14. The number of nitrogens with one attached hydrogen (secondary N) is 1. The van der Waals surface area contributed by atoms with Crippen LogP contribution in [0.15, 0.2) is 48.5 Å². The molecule has 3 rings (SSSR count). The molecule has 0 aliphatic carbocycles. The minimum Gasteiger partial charge on any atom is -0.351 e. The van der Waals surface area contributed by atoms with Crippen LogP contribution in [0.2, 0.25) is 0 Å². The summed E-state index contributed by atoms with van der Waals surface area (Å²) in [6.07, 6.45) is 0.848. The highest BCUT2D eigenvalue weighted by atomic mass is 16.2. The lowest BCUT2D eigenvalue weighted by Gasteiger charge is -2.23. The van der Waals surface area contributed by atoms with Crippen LogP contribution in [0.3, 0.4) is 0 Å². The topological polar surface area (TPSA) is 75.4 Å². The van der Waals surface area contributed by atoms with E-state index in [2.05, 4.69) is 5.32 Å². The number of benzene rings is 2. The first-order valence-corrected chi connectivity index (χ1v) is 7.14. The van der Waals surface area contributed by atoms with Crippen LogP contribution in [-0.4, -0.2) is 18.0 Å². The second kappa shape index (κ2) is 5.52. The first-order chi connectivity index (χ1) is 10.6. The van der Waals surface area contributed by atoms with Gasteiger partial charge in [0.05, 0.1) is 0 Å². The number of hydrogen-bond donors (Lipinski definition) is 2. The molecule has 112 valence electrons. The number of urea groups is 1. The number of carbonyl (C=O) groups excluding carboxylic acids is 2. The molecule has 5 nitrogen and oxygen atoms in total. The number of nitrogens with zero attached hydrogens (tertiary/aromatic N) is 1. The van der Waals surface area contributed by atoms with Gasteiger partial charge in [0, 0.05) is 23.0 Å². The molecule has 3 amide bonds. The van der Waals surface area contributed by atoms with Gasteiger partial charge in [0.25, 0.3) is 5.91 Å². The van der Waals surface area contributed by atoms with Crippen LogP contribution in [-0.2, 0) is 6.42 Å². The van der Waals surface area contributed by atoms with Gasteiger partial charge in [-0.3, -0.25) is 4.79 Å². The SMILES string of the molecule is C[C@H]1Cc2ccccc2N1C(=O)c1cccc(NC(N)=O)c1. The number of anilines is 2. The molecular formula is C17H17N3O2. The minimum atomic E-state index is -0.649. The van der Waals surface area contributed by atoms with Gasteiger partial charge in [-0.2, -0.15) is 0 Å². The van der Waals surface area contributed by atoms with E-state index in [1.807, 2.05) is 31.2 Å². The number of para-hydroxylation sites is 1. The number of carbonyl (C=O) groups is 2. The van der Waals surface area contributed by atoms with Crippen molar-refractivity contribution in [3.05, 3.63) is 59.7 Å². The average molecular weight is 295 g/mol. The fraction of sp³-hybridized carbons (Fsp3) is 0.176. The zero-order valence-electron chi connectivity index (χ0n) is 12.2. The summed E-state index contributed by atoms with van der Waals surface area (Å²) in [5.41, 5.74) is 8.28. The van der Waals surface area contributed by atoms with Crippen LogP contribution in [0.4, 0.5) is 16.2 Å². The molecular weight excluding hydrogens is 278 g/mol. The third-order valence-corrected chi connectivity index (χ3v) is 3.80. The van der Waals surface area contributed by atoms with Crippen LogP contribution >= 0.6 is 0 Å². The van der Waals surface area contributed by atoms with Crippen molar-refractivity contribution in [1.82, 2.24) is 0 Å². The second-order valence-corrected chi connectivity index (χ2v) is 5.43. The van der Waals surface area contributed by atoms with E-state index >= 15 is 0 Å². The molecule has 0 saturated heterocycles. The van der Waals surface area contributed by atoms with E-state index in [1.165, 1.54) is 5.56 Å². The molecule has 0 aromatic heterocycles. The molecule has 1 atom stereocenters. The van der Waals surface area contributed by atoms with Gasteiger partial charge in [-0.15, -0.1) is 0 Å². The van der Waals surface area contributed by atoms with E-state index in [9.17, 15) is 9.59 Å². The van der Waals surface area contributed by atoms with Crippen LogP contribution in [0.1, 0.15) is 22.8 Å². The Kier molecular flexibility index (Phi) is 3.55. The van der Waals surface area contributed by atoms with Crippen molar-refractivity contribution < 1.29 is 9.59 Å². The molecule has 0 fully saturated rings. The number of primary amides is 1. The van der Waals surface area contributed by atoms with Gasteiger partial charge in [0.1, 0.15) is 0 Å². The number of rotatable bonds is 2. The summed E-state index contributed by atoms with van der Waals surface area (Å²) in [5, 5.41) is 2.49. The summed E-state index contributed by atoms with van der Waals surface area (Å²) in [7, 11) is 0. The highest BCUT2D eigenvalue weighted by Crippen LogP contribution is 2.33. The highest BCUT2D eigenvalue weighted by molar-refractivity contribution is 6.08. The zero-order valence-corrected chi connectivity index (χ0v) is 12.2. The Morgan fingerprint density at radius 1 is 1.18 bits per heavy atom. The number of fused-ring (bicyclic) bond motifs is 1. The fourth-order valence-electron chi connectivity index (χ4n) is 2.89. The van der Waals surface area contributed by atoms with Crippen molar-refractivity contribution in [2.45, 2.75) is 19.4 Å². The van der Waals surface area contributed by atoms with Gasteiger partial charge < -0.3 is 16.0 Å². The van der Waals surface area contributed by atoms with Crippen molar-refractivity contribution in [3.63, 3.8) is 0 Å². The molecule has 3 N–H and O–H groups in total. The molecule has 22 heavy (non-hydrogen) atoms. The number of amides is 3. The van der Waals surface area contributed by atoms with Crippen LogP contribution in [0.25, 0.3) is 0 Å². The van der Waals surface area contributed by atoms with Crippen molar-refractivity contribution in [3.8, 4) is 0 Å². The molecule has 0 unspecified atom stereocenters. The van der Waals surface area contributed by atoms with Crippen molar-refractivity contribution >= 4 is 23.3 Å². The maximum absolute atomic E-state index is 12.8. The molecule has 2 aromatic carbocycles. The molecule has 0 bridgehead atoms. The number of hydrogen-bond acceptors (Lipinski definition) is 2. The lowest BCUT2D eigenvalue weighted by molar-refractivity contribution is 0.0981. The van der Waals surface area contributed by atoms with E-state index in [0.717, 1.165) is 12.1 Å². The van der Waals surface area contributed by atoms with Crippen molar-refractivity contribution in [1.29, 1.82) is 0 Å². The van der Waals surface area contributed by atoms with Crippen LogP contribution in [0.5, 0.6) is 0 Å². The number of nitrogens with two attached hydrogens (primary N) is 1. The molecule has 5 heteroatoms. The minimum absolute atomic E-state index is 0.0782. The maximum Gasteiger partial charge on any atom is 0.316 e. The third-order valence-electron chi connectivity index (χ3n) is 3.80. The highest BCUT2D eigenvalue weighted by Gasteiger charge is 2.31.